The molecule has 4 heterocycles. The van der Waals surface area contributed by atoms with Crippen LogP contribution in [0.15, 0.2) is 54.7 Å². The number of H-pyrrole nitrogens is 2. The molecular formula is C43H54N8O8. The number of alkyl carbamates (subject to hydrolysis) is 2. The molecular weight excluding hydrogens is 757 g/mol. The molecule has 2 aromatic carbocycles. The fourth-order valence-electron chi connectivity index (χ4n) is 7.87. The van der Waals surface area contributed by atoms with E-state index in [9.17, 15) is 24.0 Å². The predicted molar refractivity (Wildman–Crippen MR) is 218 cm³/mol. The third-order valence-corrected chi connectivity index (χ3v) is 11.1. The number of imidazole rings is 2. The van der Waals surface area contributed by atoms with Crippen LogP contribution in [0.1, 0.15) is 82.8 Å². The molecule has 0 bridgehead atoms. The van der Waals surface area contributed by atoms with Crippen molar-refractivity contribution in [3.63, 3.8) is 0 Å². The number of esters is 1. The first kappa shape index (κ1) is 42.4. The topological polar surface area (TPSA) is 201 Å². The number of carbonyl (C=O) groups excluding carboxylic acids is 5. The van der Waals surface area contributed by atoms with Crippen molar-refractivity contribution in [2.24, 2.45) is 11.8 Å². The van der Waals surface area contributed by atoms with Gasteiger partial charge in [0.2, 0.25) is 11.8 Å². The van der Waals surface area contributed by atoms with Crippen molar-refractivity contribution >= 4 is 30.0 Å². The molecule has 0 saturated carbocycles. The summed E-state index contributed by atoms with van der Waals surface area (Å²) in [7, 11) is 3.88. The number of benzene rings is 2. The summed E-state index contributed by atoms with van der Waals surface area (Å²) in [6.07, 6.45) is 3.45. The lowest BCUT2D eigenvalue weighted by atomic mass is 10.0. The summed E-state index contributed by atoms with van der Waals surface area (Å²) in [4.78, 5) is 83.8. The van der Waals surface area contributed by atoms with E-state index in [0.717, 1.165) is 47.2 Å². The van der Waals surface area contributed by atoms with E-state index in [1.807, 2.05) is 76.2 Å². The fraction of sp³-hybridized carbons (Fsp3) is 0.465. The zero-order valence-electron chi connectivity index (χ0n) is 34.7. The molecule has 59 heavy (non-hydrogen) atoms. The van der Waals surface area contributed by atoms with Crippen LogP contribution in [0.3, 0.4) is 0 Å². The Morgan fingerprint density at radius 2 is 1.15 bits per heavy atom. The van der Waals surface area contributed by atoms with Crippen LogP contribution in [0.25, 0.3) is 33.6 Å². The molecule has 2 fully saturated rings. The van der Waals surface area contributed by atoms with Gasteiger partial charge in [-0.1, -0.05) is 76.2 Å². The molecule has 2 aromatic heterocycles. The first-order valence-electron chi connectivity index (χ1n) is 20.0. The number of carbonyl (C=O) groups is 5. The molecule has 0 unspecified atom stereocenters. The van der Waals surface area contributed by atoms with E-state index in [-0.39, 0.29) is 42.2 Å². The standard InChI is InChI=1S/C43H54N8O8/c1-24(2)35(48-42(55)58-6)40(53)50-20-8-10-32(50)38-44-23-31(46-38)28-16-12-26(13-17-28)27-14-18-29(19-15-27)37-30(22-34(52)57-5)45-39(47-37)33-11-9-21-51(33)41(54)36(25(3)4)49-43(56)59-7/h12-19,23-25,32-33,35-36H,8-11,20-22H2,1-7H3,(H,44,46)(H,45,47)(H,48,55)(H,49,56)/t32-,33-,35-,36-/m0/s1. The highest BCUT2D eigenvalue weighted by atomic mass is 16.5. The fourth-order valence-corrected chi connectivity index (χ4v) is 7.87. The normalized spacial score (nSPS) is 17.5. The van der Waals surface area contributed by atoms with Crippen LogP contribution in [0, 0.1) is 11.8 Å². The molecule has 314 valence electrons. The molecule has 0 radical (unpaired) electrons. The predicted octanol–water partition coefficient (Wildman–Crippen LogP) is 5.94. The van der Waals surface area contributed by atoms with Gasteiger partial charge in [-0.3, -0.25) is 14.4 Å². The van der Waals surface area contributed by atoms with Crippen LogP contribution < -0.4 is 10.6 Å². The Hall–Kier alpha value is -6.19. The Morgan fingerprint density at radius 1 is 0.678 bits per heavy atom. The third kappa shape index (κ3) is 9.42. The van der Waals surface area contributed by atoms with Crippen LogP contribution in [0.4, 0.5) is 9.59 Å². The molecule has 4 N–H and O–H groups in total. The van der Waals surface area contributed by atoms with Crippen molar-refractivity contribution in [1.82, 2.24) is 40.4 Å². The molecule has 2 saturated heterocycles. The number of ether oxygens (including phenoxy) is 3. The monoisotopic (exact) mass is 810 g/mol. The highest BCUT2D eigenvalue weighted by molar-refractivity contribution is 5.87. The summed E-state index contributed by atoms with van der Waals surface area (Å²) in [6.45, 7) is 8.58. The number of hydrogen-bond acceptors (Lipinski definition) is 10. The van der Waals surface area contributed by atoms with E-state index >= 15 is 0 Å². The summed E-state index contributed by atoms with van der Waals surface area (Å²) in [5.74, 6) is 0.158. The molecule has 4 aromatic rings. The number of rotatable bonds is 13. The third-order valence-electron chi connectivity index (χ3n) is 11.1. The van der Waals surface area contributed by atoms with Gasteiger partial charge in [-0.25, -0.2) is 19.6 Å². The number of methoxy groups -OCH3 is 3. The Morgan fingerprint density at radius 3 is 1.63 bits per heavy atom. The van der Waals surface area contributed by atoms with Gasteiger partial charge in [0.15, 0.2) is 0 Å². The zero-order valence-corrected chi connectivity index (χ0v) is 34.7. The summed E-state index contributed by atoms with van der Waals surface area (Å²) in [5.41, 5.74) is 5.69. The van der Waals surface area contributed by atoms with Gasteiger partial charge in [0, 0.05) is 18.7 Å². The molecule has 2 aliphatic heterocycles. The van der Waals surface area contributed by atoms with Crippen molar-refractivity contribution in [1.29, 1.82) is 0 Å². The first-order chi connectivity index (χ1) is 28.3. The van der Waals surface area contributed by atoms with Crippen molar-refractivity contribution in [3.05, 3.63) is 72.1 Å². The van der Waals surface area contributed by atoms with E-state index in [0.29, 0.717) is 42.5 Å². The summed E-state index contributed by atoms with van der Waals surface area (Å²) in [5, 5.41) is 5.36. The number of amides is 4. The quantitative estimate of drug-likeness (QED) is 0.0926. The number of aromatic nitrogens is 4. The molecule has 6 rings (SSSR count). The van der Waals surface area contributed by atoms with Gasteiger partial charge >= 0.3 is 18.2 Å². The maximum Gasteiger partial charge on any atom is 0.407 e. The van der Waals surface area contributed by atoms with Crippen molar-refractivity contribution in [2.45, 2.75) is 84.0 Å². The largest absolute Gasteiger partial charge is 0.469 e. The minimum atomic E-state index is -0.771. The van der Waals surface area contributed by atoms with Crippen molar-refractivity contribution in [3.8, 4) is 33.6 Å². The van der Waals surface area contributed by atoms with Gasteiger partial charge in [0.05, 0.1) is 63.1 Å². The number of nitrogens with one attached hydrogen (secondary N) is 4. The van der Waals surface area contributed by atoms with Crippen LogP contribution in [0.2, 0.25) is 0 Å². The lowest BCUT2D eigenvalue weighted by Gasteiger charge is -2.30. The average Bonchev–Trinajstić information content (AvgIpc) is 4.08. The molecule has 2 aliphatic rings. The second kappa shape index (κ2) is 18.6. The van der Waals surface area contributed by atoms with Crippen molar-refractivity contribution < 1.29 is 38.2 Å². The number of likely N-dealkylation sites (tertiary alicyclic amines) is 2. The van der Waals surface area contributed by atoms with Crippen LogP contribution in [-0.4, -0.2) is 106 Å². The highest BCUT2D eigenvalue weighted by Gasteiger charge is 2.39. The second-order valence-corrected chi connectivity index (χ2v) is 15.6. The molecule has 16 heteroatoms. The Labute approximate surface area is 343 Å². The van der Waals surface area contributed by atoms with E-state index in [2.05, 4.69) is 25.6 Å². The summed E-state index contributed by atoms with van der Waals surface area (Å²) < 4.78 is 14.5. The zero-order chi connectivity index (χ0) is 42.4. The molecule has 4 amide bonds. The minimum Gasteiger partial charge on any atom is -0.469 e. The van der Waals surface area contributed by atoms with Crippen LogP contribution in [0.5, 0.6) is 0 Å². The minimum absolute atomic E-state index is 0.0311. The highest BCUT2D eigenvalue weighted by Crippen LogP contribution is 2.36. The first-order valence-corrected chi connectivity index (χ1v) is 20.0. The van der Waals surface area contributed by atoms with Gasteiger partial charge in [-0.15, -0.1) is 0 Å². The Balaban J connectivity index is 1.18. The molecule has 0 aliphatic carbocycles. The summed E-state index contributed by atoms with van der Waals surface area (Å²) in [6, 6.07) is 13.9. The second-order valence-electron chi connectivity index (χ2n) is 15.6. The van der Waals surface area contributed by atoms with Gasteiger partial charge in [0.1, 0.15) is 23.7 Å². The molecule has 4 atom stereocenters. The van der Waals surface area contributed by atoms with Gasteiger partial charge in [-0.05, 0) is 54.2 Å². The Bertz CT molecular complexity index is 2130. The van der Waals surface area contributed by atoms with Gasteiger partial charge in [-0.2, -0.15) is 0 Å². The average molecular weight is 811 g/mol. The van der Waals surface area contributed by atoms with E-state index in [4.69, 9.17) is 19.2 Å². The lowest BCUT2D eigenvalue weighted by molar-refractivity contribution is -0.140. The Kier molecular flexibility index (Phi) is 13.4. The SMILES string of the molecule is COC(=O)Cc1[nH]c([C@@H]2CCCN2C(=O)[C@@H](NC(=O)OC)C(C)C)nc1-c1ccc(-c2ccc(-c3cnc([C@@H]4CCCN4C(=O)[C@@H](NC(=O)OC)C(C)C)[nH]3)cc2)cc1. The number of hydrogen-bond donors (Lipinski definition) is 4. The summed E-state index contributed by atoms with van der Waals surface area (Å²) >= 11 is 0. The number of nitrogens with zero attached hydrogens (tertiary/aromatic N) is 4. The van der Waals surface area contributed by atoms with Gasteiger partial charge in [0.25, 0.3) is 0 Å². The van der Waals surface area contributed by atoms with E-state index < -0.39 is 30.2 Å². The van der Waals surface area contributed by atoms with E-state index in [1.165, 1.54) is 21.3 Å². The maximum absolute atomic E-state index is 13.8. The maximum atomic E-state index is 13.8. The lowest BCUT2D eigenvalue weighted by Crippen LogP contribution is -2.51. The van der Waals surface area contributed by atoms with Crippen molar-refractivity contribution in [2.75, 3.05) is 34.4 Å². The number of aromatic amines is 2. The molecule has 0 spiro atoms. The van der Waals surface area contributed by atoms with E-state index in [1.54, 1.807) is 16.0 Å². The van der Waals surface area contributed by atoms with Gasteiger partial charge < -0.3 is 44.6 Å². The molecule has 16 nitrogen and oxygen atoms in total. The van der Waals surface area contributed by atoms with Crippen LogP contribution in [-0.2, 0) is 35.0 Å². The van der Waals surface area contributed by atoms with Crippen LogP contribution >= 0.6 is 0 Å². The smallest absolute Gasteiger partial charge is 0.407 e.